The molecule has 3 rings (SSSR count). The van der Waals surface area contributed by atoms with E-state index in [0.29, 0.717) is 32.5 Å². The molecule has 2 N–H and O–H groups in total. The minimum atomic E-state index is -3.77. The maximum atomic E-state index is 14.2. The molecular formula is C21H25FN4O3S. The second-order valence-electron chi connectivity index (χ2n) is 6.79. The van der Waals surface area contributed by atoms with Crippen LogP contribution in [0.5, 0.6) is 0 Å². The fourth-order valence-corrected chi connectivity index (χ4v) is 4.71. The van der Waals surface area contributed by atoms with E-state index in [2.05, 4.69) is 15.3 Å². The van der Waals surface area contributed by atoms with E-state index in [9.17, 15) is 17.6 Å². The molecule has 0 saturated heterocycles. The van der Waals surface area contributed by atoms with Crippen LogP contribution in [-0.4, -0.2) is 48.2 Å². The Morgan fingerprint density at radius 1 is 1.17 bits per heavy atom. The summed E-state index contributed by atoms with van der Waals surface area (Å²) in [5.74, 6) is -0.596. The van der Waals surface area contributed by atoms with Gasteiger partial charge in [-0.2, -0.15) is 4.31 Å². The second kappa shape index (κ2) is 9.36. The number of aromatic nitrogens is 2. The highest BCUT2D eigenvalue weighted by Crippen LogP contribution is 2.19. The molecule has 0 radical (unpaired) electrons. The number of carbonyl (C=O) groups excluding carboxylic acids is 1. The SMILES string of the molecule is CCN(CC)S(=O)(=O)c1ccc(F)c(C(=O)NCCCc2nc3ccccc3[nH]2)c1. The first-order valence-electron chi connectivity index (χ1n) is 9.88. The summed E-state index contributed by atoms with van der Waals surface area (Å²) in [7, 11) is -3.77. The average molecular weight is 433 g/mol. The first kappa shape index (κ1) is 21.9. The number of rotatable bonds is 9. The zero-order valence-electron chi connectivity index (χ0n) is 17.0. The van der Waals surface area contributed by atoms with Gasteiger partial charge >= 0.3 is 0 Å². The second-order valence-corrected chi connectivity index (χ2v) is 8.73. The Morgan fingerprint density at radius 2 is 1.90 bits per heavy atom. The number of sulfonamides is 1. The van der Waals surface area contributed by atoms with Gasteiger partial charge in [0.25, 0.3) is 5.91 Å². The molecule has 1 aromatic heterocycles. The monoisotopic (exact) mass is 432 g/mol. The molecule has 0 bridgehead atoms. The minimum Gasteiger partial charge on any atom is -0.352 e. The van der Waals surface area contributed by atoms with E-state index >= 15 is 0 Å². The number of para-hydroxylation sites is 2. The third-order valence-corrected chi connectivity index (χ3v) is 6.89. The zero-order chi connectivity index (χ0) is 21.7. The molecule has 0 fully saturated rings. The molecule has 0 unspecified atom stereocenters. The average Bonchev–Trinajstić information content (AvgIpc) is 3.14. The van der Waals surface area contributed by atoms with Gasteiger partial charge in [0.15, 0.2) is 0 Å². The number of hydrogen-bond donors (Lipinski definition) is 2. The van der Waals surface area contributed by atoms with E-state index in [1.165, 1.54) is 10.4 Å². The van der Waals surface area contributed by atoms with Crippen LogP contribution < -0.4 is 5.32 Å². The Morgan fingerprint density at radius 3 is 2.60 bits per heavy atom. The predicted octanol–water partition coefficient (Wildman–Crippen LogP) is 3.10. The molecule has 0 saturated carbocycles. The maximum Gasteiger partial charge on any atom is 0.254 e. The third kappa shape index (κ3) is 4.68. The molecule has 0 aliphatic carbocycles. The summed E-state index contributed by atoms with van der Waals surface area (Å²) in [6.07, 6.45) is 1.22. The van der Waals surface area contributed by atoms with Crippen LogP contribution in [0.2, 0.25) is 0 Å². The Hall–Kier alpha value is -2.78. The highest BCUT2D eigenvalue weighted by Gasteiger charge is 2.24. The number of H-pyrrole nitrogens is 1. The Labute approximate surface area is 175 Å². The molecule has 0 aliphatic heterocycles. The van der Waals surface area contributed by atoms with Gasteiger partial charge in [-0.1, -0.05) is 26.0 Å². The summed E-state index contributed by atoms with van der Waals surface area (Å²) >= 11 is 0. The minimum absolute atomic E-state index is 0.0972. The number of hydrogen-bond acceptors (Lipinski definition) is 4. The molecule has 30 heavy (non-hydrogen) atoms. The van der Waals surface area contributed by atoms with Gasteiger partial charge in [0.1, 0.15) is 11.6 Å². The lowest BCUT2D eigenvalue weighted by atomic mass is 10.2. The number of amides is 1. The van der Waals surface area contributed by atoms with Gasteiger partial charge < -0.3 is 10.3 Å². The summed E-state index contributed by atoms with van der Waals surface area (Å²) in [5, 5.41) is 2.65. The van der Waals surface area contributed by atoms with Gasteiger partial charge in [0.2, 0.25) is 10.0 Å². The quantitative estimate of drug-likeness (QED) is 0.508. The van der Waals surface area contributed by atoms with Crippen molar-refractivity contribution in [1.82, 2.24) is 19.6 Å². The fraction of sp³-hybridized carbons (Fsp3) is 0.333. The van der Waals surface area contributed by atoms with Crippen molar-refractivity contribution in [1.29, 1.82) is 0 Å². The largest absolute Gasteiger partial charge is 0.352 e. The lowest BCUT2D eigenvalue weighted by Crippen LogP contribution is -2.31. The molecule has 160 valence electrons. The van der Waals surface area contributed by atoms with Crippen molar-refractivity contribution in [3.05, 3.63) is 59.7 Å². The highest BCUT2D eigenvalue weighted by atomic mass is 32.2. The topological polar surface area (TPSA) is 95.2 Å². The van der Waals surface area contributed by atoms with Crippen LogP contribution in [0.3, 0.4) is 0 Å². The van der Waals surface area contributed by atoms with E-state index in [4.69, 9.17) is 0 Å². The summed E-state index contributed by atoms with van der Waals surface area (Å²) in [6.45, 7) is 4.34. The lowest BCUT2D eigenvalue weighted by Gasteiger charge is -2.19. The number of halogens is 1. The number of imidazole rings is 1. The molecule has 7 nitrogen and oxygen atoms in total. The number of fused-ring (bicyclic) bond motifs is 1. The van der Waals surface area contributed by atoms with Crippen molar-refractivity contribution < 1.29 is 17.6 Å². The van der Waals surface area contributed by atoms with Crippen molar-refractivity contribution in [3.63, 3.8) is 0 Å². The first-order valence-corrected chi connectivity index (χ1v) is 11.3. The van der Waals surface area contributed by atoms with E-state index < -0.39 is 21.7 Å². The normalized spacial score (nSPS) is 11.9. The predicted molar refractivity (Wildman–Crippen MR) is 113 cm³/mol. The van der Waals surface area contributed by atoms with Gasteiger partial charge in [-0.3, -0.25) is 4.79 Å². The van der Waals surface area contributed by atoms with Crippen molar-refractivity contribution in [2.24, 2.45) is 0 Å². The van der Waals surface area contributed by atoms with Crippen LogP contribution >= 0.6 is 0 Å². The molecule has 3 aromatic rings. The number of nitrogens with zero attached hydrogens (tertiary/aromatic N) is 2. The van der Waals surface area contributed by atoms with Crippen LogP contribution in [0.1, 0.15) is 36.5 Å². The van der Waals surface area contributed by atoms with Gasteiger partial charge in [-0.25, -0.2) is 17.8 Å². The van der Waals surface area contributed by atoms with Crippen molar-refractivity contribution in [2.75, 3.05) is 19.6 Å². The van der Waals surface area contributed by atoms with E-state index in [1.807, 2.05) is 24.3 Å². The summed E-state index contributed by atoms with van der Waals surface area (Å²) < 4.78 is 40.7. The van der Waals surface area contributed by atoms with Crippen molar-refractivity contribution in [3.8, 4) is 0 Å². The van der Waals surface area contributed by atoms with Gasteiger partial charge in [0, 0.05) is 26.1 Å². The fourth-order valence-electron chi connectivity index (χ4n) is 3.23. The van der Waals surface area contributed by atoms with Crippen LogP contribution in [0.15, 0.2) is 47.4 Å². The van der Waals surface area contributed by atoms with Crippen molar-refractivity contribution >= 4 is 27.0 Å². The molecule has 2 aromatic carbocycles. The van der Waals surface area contributed by atoms with Gasteiger partial charge in [0.05, 0.1) is 21.5 Å². The number of carbonyl (C=O) groups is 1. The number of aryl methyl sites for hydroxylation is 1. The Kier molecular flexibility index (Phi) is 6.84. The van der Waals surface area contributed by atoms with Gasteiger partial charge in [-0.15, -0.1) is 0 Å². The molecule has 9 heteroatoms. The lowest BCUT2D eigenvalue weighted by molar-refractivity contribution is 0.0949. The Bertz CT molecular complexity index is 1110. The molecule has 0 spiro atoms. The van der Waals surface area contributed by atoms with E-state index in [1.54, 1.807) is 13.8 Å². The van der Waals surface area contributed by atoms with Crippen LogP contribution in [0.4, 0.5) is 4.39 Å². The first-order chi connectivity index (χ1) is 14.4. The summed E-state index contributed by atoms with van der Waals surface area (Å²) in [4.78, 5) is 20.0. The standard InChI is InChI=1S/C21H25FN4O3S/c1-3-26(4-2)30(28,29)15-11-12-17(22)16(14-15)21(27)23-13-7-10-20-24-18-8-5-6-9-19(18)25-20/h5-6,8-9,11-12,14H,3-4,7,10,13H2,1-2H3,(H,23,27)(H,24,25). The molecule has 1 heterocycles. The van der Waals surface area contributed by atoms with E-state index in [-0.39, 0.29) is 10.5 Å². The summed E-state index contributed by atoms with van der Waals surface area (Å²) in [5.41, 5.74) is 1.54. The number of benzene rings is 2. The van der Waals surface area contributed by atoms with Crippen LogP contribution in [0, 0.1) is 5.82 Å². The highest BCUT2D eigenvalue weighted by molar-refractivity contribution is 7.89. The summed E-state index contributed by atoms with van der Waals surface area (Å²) in [6, 6.07) is 11.0. The third-order valence-electron chi connectivity index (χ3n) is 4.84. The van der Waals surface area contributed by atoms with Gasteiger partial charge in [-0.05, 0) is 36.8 Å². The molecule has 0 atom stereocenters. The smallest absolute Gasteiger partial charge is 0.254 e. The number of nitrogens with one attached hydrogen (secondary N) is 2. The molecular weight excluding hydrogens is 407 g/mol. The van der Waals surface area contributed by atoms with Crippen molar-refractivity contribution in [2.45, 2.75) is 31.6 Å². The van der Waals surface area contributed by atoms with Crippen LogP contribution in [0.25, 0.3) is 11.0 Å². The van der Waals surface area contributed by atoms with Crippen LogP contribution in [-0.2, 0) is 16.4 Å². The maximum absolute atomic E-state index is 14.2. The molecule has 0 aliphatic rings. The van der Waals surface area contributed by atoms with E-state index in [0.717, 1.165) is 29.0 Å². The number of aromatic amines is 1. The zero-order valence-corrected chi connectivity index (χ0v) is 17.8. The molecule has 1 amide bonds. The Balaban J connectivity index is 1.63.